The number of aromatic nitrogens is 1. The molecular weight excluding hydrogens is 307 g/mol. The zero-order chi connectivity index (χ0) is 12.8. The lowest BCUT2D eigenvalue weighted by atomic mass is 10.0. The molecule has 0 spiro atoms. The van der Waals surface area contributed by atoms with Crippen LogP contribution in [-0.2, 0) is 5.54 Å². The Hall–Kier alpha value is -0.130. The van der Waals surface area contributed by atoms with E-state index in [9.17, 15) is 0 Å². The van der Waals surface area contributed by atoms with Crippen LogP contribution in [0.4, 0.5) is 0 Å². The number of hydrogen-bond acceptors (Lipinski definition) is 4. The van der Waals surface area contributed by atoms with Crippen molar-refractivity contribution in [2.75, 3.05) is 0 Å². The van der Waals surface area contributed by atoms with Crippen LogP contribution in [0.15, 0.2) is 11.4 Å². The highest BCUT2D eigenvalue weighted by atomic mass is 35.5. The molecule has 1 saturated carbocycles. The summed E-state index contributed by atoms with van der Waals surface area (Å²) in [5.41, 5.74) is 7.98. The summed E-state index contributed by atoms with van der Waals surface area (Å²) in [6.45, 7) is 0. The van der Waals surface area contributed by atoms with E-state index in [0.717, 1.165) is 29.1 Å². The molecule has 6 heteroatoms. The molecule has 2 nitrogen and oxygen atoms in total. The van der Waals surface area contributed by atoms with Gasteiger partial charge in [0.1, 0.15) is 9.34 Å². The molecule has 18 heavy (non-hydrogen) atoms. The van der Waals surface area contributed by atoms with Crippen LogP contribution in [0.3, 0.4) is 0 Å². The van der Waals surface area contributed by atoms with Gasteiger partial charge in [-0.05, 0) is 18.9 Å². The first kappa shape index (κ1) is 12.9. The Balaban J connectivity index is 1.96. The van der Waals surface area contributed by atoms with E-state index in [-0.39, 0.29) is 5.54 Å². The number of nitrogens with zero attached hydrogens (tertiary/aromatic N) is 1. The molecule has 2 N–H and O–H groups in total. The number of halogens is 2. The van der Waals surface area contributed by atoms with Crippen molar-refractivity contribution in [1.82, 2.24) is 4.98 Å². The van der Waals surface area contributed by atoms with Gasteiger partial charge in [0.25, 0.3) is 0 Å². The quantitative estimate of drug-likeness (QED) is 0.854. The zero-order valence-corrected chi connectivity index (χ0v) is 12.7. The third kappa shape index (κ3) is 2.21. The van der Waals surface area contributed by atoms with Gasteiger partial charge in [0.05, 0.1) is 15.6 Å². The van der Waals surface area contributed by atoms with Gasteiger partial charge in [0.15, 0.2) is 0 Å². The molecule has 0 radical (unpaired) electrons. The van der Waals surface area contributed by atoms with Crippen molar-refractivity contribution in [2.24, 2.45) is 5.73 Å². The molecule has 0 amide bonds. The average molecular weight is 319 g/mol. The van der Waals surface area contributed by atoms with Gasteiger partial charge in [-0.25, -0.2) is 4.98 Å². The maximum absolute atomic E-state index is 6.41. The van der Waals surface area contributed by atoms with Crippen LogP contribution in [-0.4, -0.2) is 4.98 Å². The molecule has 1 fully saturated rings. The molecule has 0 saturated heterocycles. The van der Waals surface area contributed by atoms with Gasteiger partial charge in [-0.15, -0.1) is 22.7 Å². The summed E-state index contributed by atoms with van der Waals surface area (Å²) in [5, 5.41) is 3.04. The number of nitrogens with two attached hydrogens (primary N) is 1. The van der Waals surface area contributed by atoms with E-state index in [2.05, 4.69) is 4.98 Å². The van der Waals surface area contributed by atoms with Gasteiger partial charge in [0, 0.05) is 10.9 Å². The lowest BCUT2D eigenvalue weighted by molar-refractivity contribution is 0.459. The molecule has 96 valence electrons. The maximum atomic E-state index is 6.41. The summed E-state index contributed by atoms with van der Waals surface area (Å²) >= 11 is 15.1. The second-order valence-corrected chi connectivity index (χ2v) is 7.78. The van der Waals surface area contributed by atoms with Gasteiger partial charge >= 0.3 is 0 Å². The third-order valence-corrected chi connectivity index (χ3v) is 5.91. The first-order chi connectivity index (χ1) is 8.58. The minimum Gasteiger partial charge on any atom is -0.319 e. The van der Waals surface area contributed by atoms with Crippen molar-refractivity contribution < 1.29 is 0 Å². The van der Waals surface area contributed by atoms with Crippen LogP contribution in [0.5, 0.6) is 0 Å². The predicted molar refractivity (Wildman–Crippen MR) is 79.8 cm³/mol. The monoisotopic (exact) mass is 318 g/mol. The molecule has 1 aliphatic carbocycles. The number of thiazole rings is 1. The van der Waals surface area contributed by atoms with E-state index in [1.165, 1.54) is 24.2 Å². The van der Waals surface area contributed by atoms with E-state index < -0.39 is 0 Å². The van der Waals surface area contributed by atoms with E-state index in [1.807, 2.05) is 11.4 Å². The molecular formula is C12H12Cl2N2S2. The summed E-state index contributed by atoms with van der Waals surface area (Å²) < 4.78 is 1.38. The van der Waals surface area contributed by atoms with Crippen molar-refractivity contribution in [3.8, 4) is 11.3 Å². The van der Waals surface area contributed by atoms with Crippen LogP contribution in [0.25, 0.3) is 11.3 Å². The summed E-state index contributed by atoms with van der Waals surface area (Å²) in [4.78, 5) is 4.67. The molecule has 2 aromatic rings. The molecule has 0 aromatic carbocycles. The molecule has 0 unspecified atom stereocenters. The normalized spacial score (nSPS) is 18.4. The third-order valence-electron chi connectivity index (χ3n) is 3.36. The smallest absolute Gasteiger partial charge is 0.113 e. The molecule has 2 heterocycles. The topological polar surface area (TPSA) is 38.9 Å². The van der Waals surface area contributed by atoms with Gasteiger partial charge in [-0.2, -0.15) is 0 Å². The van der Waals surface area contributed by atoms with Crippen molar-refractivity contribution in [1.29, 1.82) is 0 Å². The first-order valence-electron chi connectivity index (χ1n) is 5.79. The number of hydrogen-bond donors (Lipinski definition) is 1. The van der Waals surface area contributed by atoms with Crippen molar-refractivity contribution in [3.05, 3.63) is 25.1 Å². The largest absolute Gasteiger partial charge is 0.319 e. The summed E-state index contributed by atoms with van der Waals surface area (Å²) in [7, 11) is 0. The van der Waals surface area contributed by atoms with Crippen LogP contribution in [0.1, 0.15) is 30.7 Å². The van der Waals surface area contributed by atoms with E-state index >= 15 is 0 Å². The van der Waals surface area contributed by atoms with E-state index in [4.69, 9.17) is 28.9 Å². The predicted octanol–water partition coefficient (Wildman–Crippen LogP) is 4.91. The molecule has 0 bridgehead atoms. The number of thiophene rings is 1. The maximum Gasteiger partial charge on any atom is 0.113 e. The lowest BCUT2D eigenvalue weighted by Gasteiger charge is -2.19. The Morgan fingerprint density at radius 2 is 2.00 bits per heavy atom. The van der Waals surface area contributed by atoms with E-state index in [1.54, 1.807) is 11.3 Å². The first-order valence-corrected chi connectivity index (χ1v) is 8.24. The van der Waals surface area contributed by atoms with Gasteiger partial charge in [-0.1, -0.05) is 36.0 Å². The Labute approximate surface area is 124 Å². The van der Waals surface area contributed by atoms with Crippen LogP contribution < -0.4 is 5.73 Å². The van der Waals surface area contributed by atoms with Crippen molar-refractivity contribution >= 4 is 45.9 Å². The Kier molecular flexibility index (Phi) is 3.41. The van der Waals surface area contributed by atoms with Gasteiger partial charge < -0.3 is 5.73 Å². The van der Waals surface area contributed by atoms with Crippen LogP contribution >= 0.6 is 45.9 Å². The molecule has 3 rings (SSSR count). The zero-order valence-electron chi connectivity index (χ0n) is 9.58. The fourth-order valence-corrected chi connectivity index (χ4v) is 4.83. The van der Waals surface area contributed by atoms with Crippen molar-refractivity contribution in [2.45, 2.75) is 31.2 Å². The molecule has 0 aliphatic heterocycles. The fourth-order valence-electron chi connectivity index (χ4n) is 2.36. The minimum absolute atomic E-state index is 0.227. The Morgan fingerprint density at radius 3 is 2.61 bits per heavy atom. The molecule has 1 aliphatic rings. The van der Waals surface area contributed by atoms with E-state index in [0.29, 0.717) is 8.67 Å². The number of rotatable bonds is 2. The van der Waals surface area contributed by atoms with Gasteiger partial charge in [-0.3, -0.25) is 0 Å². The second-order valence-electron chi connectivity index (χ2n) is 4.64. The molecule has 2 aromatic heterocycles. The highest BCUT2D eigenvalue weighted by Gasteiger charge is 2.34. The standard InChI is InChI=1S/C12H12Cl2N2S2/c13-9-5-7(10(14)18-9)8-6-17-11(16-8)12(15)3-1-2-4-12/h5-6H,1-4,15H2. The SMILES string of the molecule is NC1(c2nc(-c3cc(Cl)sc3Cl)cs2)CCCC1. The summed E-state index contributed by atoms with van der Waals surface area (Å²) in [6.07, 6.45) is 4.43. The fraction of sp³-hybridized carbons (Fsp3) is 0.417. The lowest BCUT2D eigenvalue weighted by Crippen LogP contribution is -2.32. The van der Waals surface area contributed by atoms with Crippen LogP contribution in [0, 0.1) is 0 Å². The second kappa shape index (κ2) is 4.76. The Bertz CT molecular complexity index is 570. The summed E-state index contributed by atoms with van der Waals surface area (Å²) in [6, 6.07) is 1.87. The van der Waals surface area contributed by atoms with Crippen molar-refractivity contribution in [3.63, 3.8) is 0 Å². The van der Waals surface area contributed by atoms with Crippen LogP contribution in [0.2, 0.25) is 8.67 Å². The van der Waals surface area contributed by atoms with Gasteiger partial charge in [0.2, 0.25) is 0 Å². The highest BCUT2D eigenvalue weighted by Crippen LogP contribution is 2.42. The molecule has 0 atom stereocenters. The Morgan fingerprint density at radius 1 is 1.28 bits per heavy atom. The average Bonchev–Trinajstić information content (AvgIpc) is 2.99. The summed E-state index contributed by atoms with van der Waals surface area (Å²) in [5.74, 6) is 0. The highest BCUT2D eigenvalue weighted by molar-refractivity contribution is 7.20. The minimum atomic E-state index is -0.227.